The van der Waals surface area contributed by atoms with Gasteiger partial charge in [-0.15, -0.1) is 22.0 Å². The van der Waals surface area contributed by atoms with Crippen LogP contribution in [-0.2, 0) is 4.79 Å². The van der Waals surface area contributed by atoms with Crippen molar-refractivity contribution in [3.8, 4) is 11.4 Å². The lowest BCUT2D eigenvalue weighted by Gasteiger charge is -2.15. The fourth-order valence-electron chi connectivity index (χ4n) is 2.49. The van der Waals surface area contributed by atoms with Crippen molar-refractivity contribution in [1.82, 2.24) is 14.8 Å². The Bertz CT molecular complexity index is 929. The maximum atomic E-state index is 12.7. The van der Waals surface area contributed by atoms with E-state index in [0.717, 1.165) is 16.3 Å². The van der Waals surface area contributed by atoms with E-state index < -0.39 is 0 Å². The van der Waals surface area contributed by atoms with E-state index in [4.69, 9.17) is 4.74 Å². The van der Waals surface area contributed by atoms with E-state index in [1.807, 2.05) is 66.3 Å². The Kier molecular flexibility index (Phi) is 6.41. The van der Waals surface area contributed by atoms with Gasteiger partial charge in [0.25, 0.3) is 0 Å². The highest BCUT2D eigenvalue weighted by atomic mass is 32.2. The lowest BCUT2D eigenvalue weighted by atomic mass is 10.3. The van der Waals surface area contributed by atoms with Gasteiger partial charge in [-0.25, -0.2) is 0 Å². The summed E-state index contributed by atoms with van der Waals surface area (Å²) >= 11 is 2.94. The fourth-order valence-corrected chi connectivity index (χ4v) is 3.88. The zero-order valence-corrected chi connectivity index (χ0v) is 16.9. The van der Waals surface area contributed by atoms with Crippen molar-refractivity contribution in [2.75, 3.05) is 18.7 Å². The molecule has 0 spiro atoms. The number of methoxy groups -OCH3 is 1. The standard InChI is InChI=1S/C19H20N4O2S2/c1-13(18(24)21-14-8-4-7-11-17(14)26-3)27-19-22-20-12-23(19)15-9-5-6-10-16(15)25-2/h4-13H,1-3H3,(H,21,24). The number of aromatic nitrogens is 3. The lowest BCUT2D eigenvalue weighted by molar-refractivity contribution is -0.115. The molecule has 1 heterocycles. The lowest BCUT2D eigenvalue weighted by Crippen LogP contribution is -2.23. The van der Waals surface area contributed by atoms with Crippen molar-refractivity contribution in [3.05, 3.63) is 54.9 Å². The minimum Gasteiger partial charge on any atom is -0.495 e. The topological polar surface area (TPSA) is 69.0 Å². The first kappa shape index (κ1) is 19.3. The summed E-state index contributed by atoms with van der Waals surface area (Å²) in [4.78, 5) is 13.7. The molecule has 1 N–H and O–H groups in total. The molecule has 2 aromatic carbocycles. The van der Waals surface area contributed by atoms with Gasteiger partial charge in [-0.2, -0.15) is 0 Å². The quantitative estimate of drug-likeness (QED) is 0.602. The van der Waals surface area contributed by atoms with Gasteiger partial charge in [-0.1, -0.05) is 36.0 Å². The summed E-state index contributed by atoms with van der Waals surface area (Å²) in [5.74, 6) is 0.626. The number of thioether (sulfide) groups is 2. The molecule has 3 aromatic rings. The molecule has 1 aromatic heterocycles. The summed E-state index contributed by atoms with van der Waals surface area (Å²) in [6.07, 6.45) is 3.60. The van der Waals surface area contributed by atoms with Gasteiger partial charge in [-0.3, -0.25) is 9.36 Å². The Morgan fingerprint density at radius 3 is 2.70 bits per heavy atom. The molecule has 27 heavy (non-hydrogen) atoms. The molecule has 0 saturated heterocycles. The Balaban J connectivity index is 1.76. The van der Waals surface area contributed by atoms with Crippen molar-refractivity contribution < 1.29 is 9.53 Å². The predicted molar refractivity (Wildman–Crippen MR) is 110 cm³/mol. The molecule has 0 bridgehead atoms. The van der Waals surface area contributed by atoms with E-state index in [2.05, 4.69) is 15.5 Å². The smallest absolute Gasteiger partial charge is 0.237 e. The van der Waals surface area contributed by atoms with Crippen LogP contribution >= 0.6 is 23.5 Å². The summed E-state index contributed by atoms with van der Waals surface area (Å²) in [7, 11) is 1.62. The first-order valence-electron chi connectivity index (χ1n) is 8.28. The Labute approximate surface area is 166 Å². The summed E-state index contributed by atoms with van der Waals surface area (Å²) in [6, 6.07) is 15.4. The van der Waals surface area contributed by atoms with Gasteiger partial charge in [0.05, 0.1) is 23.7 Å². The average Bonchev–Trinajstić information content (AvgIpc) is 3.16. The molecule has 1 atom stereocenters. The van der Waals surface area contributed by atoms with Crippen LogP contribution in [0, 0.1) is 0 Å². The summed E-state index contributed by atoms with van der Waals surface area (Å²) in [5.41, 5.74) is 1.64. The minimum absolute atomic E-state index is 0.0870. The summed E-state index contributed by atoms with van der Waals surface area (Å²) in [5, 5.41) is 11.4. The highest BCUT2D eigenvalue weighted by Crippen LogP contribution is 2.30. The third-order valence-electron chi connectivity index (χ3n) is 3.88. The average molecular weight is 401 g/mol. The zero-order valence-electron chi connectivity index (χ0n) is 15.2. The van der Waals surface area contributed by atoms with Crippen LogP contribution in [0.5, 0.6) is 5.75 Å². The number of hydrogen-bond donors (Lipinski definition) is 1. The van der Waals surface area contributed by atoms with Crippen LogP contribution in [0.1, 0.15) is 6.92 Å². The second-order valence-corrected chi connectivity index (χ2v) is 7.76. The maximum Gasteiger partial charge on any atom is 0.237 e. The number of rotatable bonds is 7. The van der Waals surface area contributed by atoms with E-state index >= 15 is 0 Å². The molecule has 0 saturated carbocycles. The van der Waals surface area contributed by atoms with Crippen LogP contribution in [0.3, 0.4) is 0 Å². The minimum atomic E-state index is -0.349. The Morgan fingerprint density at radius 2 is 1.93 bits per heavy atom. The molecule has 8 heteroatoms. The number of nitrogens with zero attached hydrogens (tertiary/aromatic N) is 3. The molecule has 1 unspecified atom stereocenters. The maximum absolute atomic E-state index is 12.7. The van der Waals surface area contributed by atoms with Crippen molar-refractivity contribution in [2.45, 2.75) is 22.2 Å². The zero-order chi connectivity index (χ0) is 19.2. The van der Waals surface area contributed by atoms with Gasteiger partial charge in [-0.05, 0) is 37.4 Å². The van der Waals surface area contributed by atoms with Crippen molar-refractivity contribution in [2.24, 2.45) is 0 Å². The normalized spacial score (nSPS) is 11.8. The number of para-hydroxylation sites is 3. The summed E-state index contributed by atoms with van der Waals surface area (Å²) in [6.45, 7) is 1.85. The number of nitrogens with one attached hydrogen (secondary N) is 1. The largest absolute Gasteiger partial charge is 0.495 e. The van der Waals surface area contributed by atoms with E-state index in [1.165, 1.54) is 11.8 Å². The van der Waals surface area contributed by atoms with E-state index in [1.54, 1.807) is 25.2 Å². The van der Waals surface area contributed by atoms with Gasteiger partial charge in [0.15, 0.2) is 5.16 Å². The SMILES string of the molecule is COc1ccccc1-n1cnnc1SC(C)C(=O)Nc1ccccc1SC. The molecule has 0 fully saturated rings. The highest BCUT2D eigenvalue weighted by Gasteiger charge is 2.20. The molecule has 140 valence electrons. The van der Waals surface area contributed by atoms with Crippen LogP contribution in [-0.4, -0.2) is 39.3 Å². The second-order valence-electron chi connectivity index (χ2n) is 5.60. The number of carbonyl (C=O) groups excluding carboxylic acids is 1. The van der Waals surface area contributed by atoms with Crippen LogP contribution in [0.15, 0.2) is 64.9 Å². The first-order valence-corrected chi connectivity index (χ1v) is 10.4. The van der Waals surface area contributed by atoms with Gasteiger partial charge in [0, 0.05) is 4.90 Å². The molecular weight excluding hydrogens is 380 g/mol. The van der Waals surface area contributed by atoms with Gasteiger partial charge in [0.2, 0.25) is 5.91 Å². The molecule has 3 rings (SSSR count). The molecular formula is C19H20N4O2S2. The molecule has 0 aliphatic heterocycles. The molecule has 0 aliphatic rings. The Hall–Kier alpha value is -2.45. The Morgan fingerprint density at radius 1 is 1.19 bits per heavy atom. The number of hydrogen-bond acceptors (Lipinski definition) is 6. The van der Waals surface area contributed by atoms with Gasteiger partial charge in [0.1, 0.15) is 12.1 Å². The fraction of sp³-hybridized carbons (Fsp3) is 0.211. The van der Waals surface area contributed by atoms with Crippen LogP contribution in [0.25, 0.3) is 5.69 Å². The highest BCUT2D eigenvalue weighted by molar-refractivity contribution is 8.00. The van der Waals surface area contributed by atoms with Gasteiger partial charge >= 0.3 is 0 Å². The van der Waals surface area contributed by atoms with Crippen molar-refractivity contribution in [1.29, 1.82) is 0 Å². The second kappa shape index (κ2) is 8.96. The number of amides is 1. The van der Waals surface area contributed by atoms with Crippen molar-refractivity contribution in [3.63, 3.8) is 0 Å². The monoisotopic (exact) mass is 400 g/mol. The van der Waals surface area contributed by atoms with E-state index in [0.29, 0.717) is 10.9 Å². The van der Waals surface area contributed by atoms with Crippen LogP contribution < -0.4 is 10.1 Å². The third kappa shape index (κ3) is 4.45. The number of benzene rings is 2. The number of anilines is 1. The van der Waals surface area contributed by atoms with Crippen molar-refractivity contribution >= 4 is 35.1 Å². The number of ether oxygens (including phenoxy) is 1. The molecule has 0 aliphatic carbocycles. The molecule has 1 amide bonds. The summed E-state index contributed by atoms with van der Waals surface area (Å²) < 4.78 is 7.24. The molecule has 6 nitrogen and oxygen atoms in total. The predicted octanol–water partition coefficient (Wildman–Crippen LogP) is 4.12. The third-order valence-corrected chi connectivity index (χ3v) is 5.73. The first-order chi connectivity index (χ1) is 13.1. The number of carbonyl (C=O) groups is 1. The van der Waals surface area contributed by atoms with E-state index in [-0.39, 0.29) is 11.2 Å². The molecule has 0 radical (unpaired) electrons. The van der Waals surface area contributed by atoms with Crippen LogP contribution in [0.2, 0.25) is 0 Å². The van der Waals surface area contributed by atoms with Crippen LogP contribution in [0.4, 0.5) is 5.69 Å². The van der Waals surface area contributed by atoms with E-state index in [9.17, 15) is 4.79 Å². The van der Waals surface area contributed by atoms with Gasteiger partial charge < -0.3 is 10.1 Å².